The van der Waals surface area contributed by atoms with Crippen LogP contribution in [0.2, 0.25) is 0 Å². The summed E-state index contributed by atoms with van der Waals surface area (Å²) in [7, 11) is -2.06. The van der Waals surface area contributed by atoms with Gasteiger partial charge in [-0.1, -0.05) is 0 Å². The zero-order valence-corrected chi connectivity index (χ0v) is 26.5. The Balaban J connectivity index is 1.25. The van der Waals surface area contributed by atoms with E-state index in [1.807, 2.05) is 18.2 Å². The molecule has 45 heavy (non-hydrogen) atoms. The molecule has 0 aliphatic carbocycles. The molecule has 1 amide bonds. The first-order valence-corrected chi connectivity index (χ1v) is 16.7. The maximum absolute atomic E-state index is 13.8. The quantitative estimate of drug-likeness (QED) is 0.356. The van der Waals surface area contributed by atoms with E-state index in [4.69, 9.17) is 4.74 Å². The number of aromatic nitrogens is 2. The summed E-state index contributed by atoms with van der Waals surface area (Å²) >= 11 is 0. The van der Waals surface area contributed by atoms with Crippen molar-refractivity contribution < 1.29 is 26.7 Å². The highest BCUT2D eigenvalue weighted by molar-refractivity contribution is 7.89. The highest BCUT2D eigenvalue weighted by Gasteiger charge is 2.33. The number of piperazine rings is 1. The zero-order chi connectivity index (χ0) is 31.9. The summed E-state index contributed by atoms with van der Waals surface area (Å²) in [6, 6.07) is 8.92. The highest BCUT2D eigenvalue weighted by Crippen LogP contribution is 2.32. The van der Waals surface area contributed by atoms with Gasteiger partial charge in [-0.2, -0.15) is 9.40 Å². The predicted octanol–water partition coefficient (Wildman–Crippen LogP) is 3.81. The normalized spacial score (nSPS) is 21.8. The Labute approximate surface area is 262 Å². The fourth-order valence-corrected chi connectivity index (χ4v) is 7.76. The van der Waals surface area contributed by atoms with E-state index in [2.05, 4.69) is 51.5 Å². The number of nitrogens with one attached hydrogen (secondary N) is 3. The zero-order valence-electron chi connectivity index (χ0n) is 25.6. The maximum Gasteiger partial charge on any atom is 0.258 e. The molecule has 0 spiro atoms. The Morgan fingerprint density at radius 3 is 2.42 bits per heavy atom. The summed E-state index contributed by atoms with van der Waals surface area (Å²) < 4.78 is 60.9. The number of sulfonamides is 1. The summed E-state index contributed by atoms with van der Waals surface area (Å²) in [4.78, 5) is 18.0. The molecule has 0 unspecified atom stereocenters. The Morgan fingerprint density at radius 2 is 1.73 bits per heavy atom. The van der Waals surface area contributed by atoms with Gasteiger partial charge in [-0.25, -0.2) is 17.2 Å². The van der Waals surface area contributed by atoms with Crippen molar-refractivity contribution in [2.24, 2.45) is 0 Å². The van der Waals surface area contributed by atoms with Gasteiger partial charge in [0.2, 0.25) is 10.0 Å². The lowest BCUT2D eigenvalue weighted by Crippen LogP contribution is -2.55. The van der Waals surface area contributed by atoms with Gasteiger partial charge in [-0.15, -0.1) is 0 Å². The second-order valence-electron chi connectivity index (χ2n) is 12.2. The fraction of sp³-hybridized carbons (Fsp3) is 0.484. The lowest BCUT2D eigenvalue weighted by Gasteiger charge is -2.43. The number of benzene rings is 2. The average molecular weight is 644 g/mol. The van der Waals surface area contributed by atoms with E-state index in [0.29, 0.717) is 60.3 Å². The van der Waals surface area contributed by atoms with Crippen molar-refractivity contribution in [2.45, 2.75) is 62.7 Å². The molecule has 2 fully saturated rings. The van der Waals surface area contributed by atoms with Crippen molar-refractivity contribution in [1.29, 1.82) is 0 Å². The second-order valence-corrected chi connectivity index (χ2v) is 14.1. The van der Waals surface area contributed by atoms with Crippen LogP contribution in [-0.4, -0.2) is 91.7 Å². The molecule has 3 aliphatic heterocycles. The second kappa shape index (κ2) is 12.7. The number of rotatable bonds is 7. The number of nitrogens with zero attached hydrogens (tertiary/aromatic N) is 4. The Morgan fingerprint density at radius 1 is 1.04 bits per heavy atom. The van der Waals surface area contributed by atoms with Crippen LogP contribution in [0.5, 0.6) is 0 Å². The minimum Gasteiger partial charge on any atom is -0.381 e. The molecule has 0 radical (unpaired) electrons. The van der Waals surface area contributed by atoms with Crippen LogP contribution in [0, 0.1) is 11.6 Å². The molecule has 1 aromatic heterocycles. The Bertz CT molecular complexity index is 1650. The lowest BCUT2D eigenvalue weighted by atomic mass is 10.0. The molecule has 242 valence electrons. The SMILES string of the molecule is C[C@@H]1CN(c2ccc(C(=O)Nc3n[nH]c4c3CN(S(=O)(=O)c3cc(F)cc(F)c3)CC4)c(NC3CCOCC3)c2)C[C@H](C)N1C. The molecule has 2 saturated heterocycles. The number of carbonyl (C=O) groups is 1. The van der Waals surface area contributed by atoms with Crippen LogP contribution < -0.4 is 15.5 Å². The third-order valence-electron chi connectivity index (χ3n) is 9.16. The van der Waals surface area contributed by atoms with Crippen molar-refractivity contribution in [1.82, 2.24) is 19.4 Å². The number of hydrogen-bond donors (Lipinski definition) is 3. The summed E-state index contributed by atoms with van der Waals surface area (Å²) in [5.74, 6) is -2.13. The van der Waals surface area contributed by atoms with Crippen LogP contribution in [0.1, 0.15) is 48.3 Å². The number of amides is 1. The molecule has 6 rings (SSSR count). The van der Waals surface area contributed by atoms with E-state index >= 15 is 0 Å². The van der Waals surface area contributed by atoms with Crippen LogP contribution in [-0.2, 0) is 27.7 Å². The molecule has 2 atom stereocenters. The molecule has 3 aromatic rings. The third kappa shape index (κ3) is 6.55. The highest BCUT2D eigenvalue weighted by atomic mass is 32.2. The molecule has 3 aliphatic rings. The van der Waals surface area contributed by atoms with Crippen molar-refractivity contribution in [3.63, 3.8) is 0 Å². The molecule has 4 heterocycles. The van der Waals surface area contributed by atoms with Gasteiger partial charge < -0.3 is 20.3 Å². The molecule has 11 nitrogen and oxygen atoms in total. The van der Waals surface area contributed by atoms with E-state index in [9.17, 15) is 22.0 Å². The molecule has 0 bridgehead atoms. The standard InChI is InChI=1S/C31H39F2N7O4S/c1-19-16-39(17-20(2)38(19)3)24-4-5-26(29(15-24)34-23-7-10-44-11-8-23)31(41)35-30-27-18-40(9-6-28(27)36-37-30)45(42,43)25-13-21(32)12-22(33)14-25/h4-5,12-15,19-20,23,34H,6-11,16-18H2,1-3H3,(H2,35,36,37,41)/t19-,20+. The van der Waals surface area contributed by atoms with Crippen LogP contribution in [0.3, 0.4) is 0 Å². The third-order valence-corrected chi connectivity index (χ3v) is 11.0. The molecule has 3 N–H and O–H groups in total. The average Bonchev–Trinajstić information content (AvgIpc) is 3.41. The summed E-state index contributed by atoms with van der Waals surface area (Å²) in [6.07, 6.45) is 1.93. The molecule has 2 aromatic carbocycles. The van der Waals surface area contributed by atoms with Gasteiger partial charge in [0.15, 0.2) is 5.82 Å². The van der Waals surface area contributed by atoms with Crippen molar-refractivity contribution in [2.75, 3.05) is 55.4 Å². The number of H-pyrrole nitrogens is 1. The van der Waals surface area contributed by atoms with Crippen LogP contribution in [0.4, 0.5) is 26.0 Å². The van der Waals surface area contributed by atoms with Crippen molar-refractivity contribution in [3.8, 4) is 0 Å². The molecule has 0 saturated carbocycles. The number of hydrogen-bond acceptors (Lipinski definition) is 8. The van der Waals surface area contributed by atoms with Crippen LogP contribution in [0.15, 0.2) is 41.3 Å². The van der Waals surface area contributed by atoms with Gasteiger partial charge in [0, 0.05) is 92.6 Å². The number of halogens is 2. The Hall–Kier alpha value is -3.59. The van der Waals surface area contributed by atoms with Gasteiger partial charge in [0.25, 0.3) is 5.91 Å². The maximum atomic E-state index is 13.8. The summed E-state index contributed by atoms with van der Waals surface area (Å²) in [5, 5.41) is 13.7. The topological polar surface area (TPSA) is 123 Å². The van der Waals surface area contributed by atoms with Gasteiger partial charge in [0.05, 0.1) is 10.5 Å². The molecular weight excluding hydrogens is 604 g/mol. The van der Waals surface area contributed by atoms with Gasteiger partial charge in [0.1, 0.15) is 11.6 Å². The van der Waals surface area contributed by atoms with E-state index in [-0.39, 0.29) is 24.9 Å². The Kier molecular flexibility index (Phi) is 8.83. The minimum atomic E-state index is -4.20. The van der Waals surface area contributed by atoms with E-state index in [1.54, 1.807) is 0 Å². The van der Waals surface area contributed by atoms with E-state index in [0.717, 1.165) is 48.1 Å². The first-order valence-electron chi connectivity index (χ1n) is 15.3. The van der Waals surface area contributed by atoms with Gasteiger partial charge >= 0.3 is 0 Å². The van der Waals surface area contributed by atoms with Crippen molar-refractivity contribution in [3.05, 3.63) is 64.9 Å². The predicted molar refractivity (Wildman–Crippen MR) is 167 cm³/mol. The molecule has 14 heteroatoms. The lowest BCUT2D eigenvalue weighted by molar-refractivity contribution is 0.0904. The molecular formula is C31H39F2N7O4S. The number of fused-ring (bicyclic) bond motifs is 1. The largest absolute Gasteiger partial charge is 0.381 e. The van der Waals surface area contributed by atoms with E-state index in [1.165, 1.54) is 0 Å². The van der Waals surface area contributed by atoms with Gasteiger partial charge in [-0.05, 0) is 64.1 Å². The summed E-state index contributed by atoms with van der Waals surface area (Å²) in [5.41, 5.74) is 3.37. The number of carbonyl (C=O) groups excluding carboxylic acids is 1. The first-order chi connectivity index (χ1) is 21.5. The van der Waals surface area contributed by atoms with E-state index < -0.39 is 32.5 Å². The van der Waals surface area contributed by atoms with Gasteiger partial charge in [-0.3, -0.25) is 14.8 Å². The number of ether oxygens (including phenoxy) is 1. The number of likely N-dealkylation sites (N-methyl/N-ethyl adjacent to an activating group) is 1. The monoisotopic (exact) mass is 643 g/mol. The number of anilines is 3. The minimum absolute atomic E-state index is 0.0905. The first kappa shape index (κ1) is 31.4. The summed E-state index contributed by atoms with van der Waals surface area (Å²) in [6.45, 7) is 7.41. The smallest absolute Gasteiger partial charge is 0.258 e. The number of aromatic amines is 1. The van der Waals surface area contributed by atoms with Crippen LogP contribution >= 0.6 is 0 Å². The van der Waals surface area contributed by atoms with Crippen molar-refractivity contribution >= 4 is 33.1 Å². The van der Waals surface area contributed by atoms with Crippen LogP contribution in [0.25, 0.3) is 0 Å². The fourth-order valence-electron chi connectivity index (χ4n) is 6.30.